The number of benzene rings is 1. The number of aryl methyl sites for hydroxylation is 1. The maximum absolute atomic E-state index is 13.3. The minimum Gasteiger partial charge on any atom is -0.370 e. The zero-order valence-corrected chi connectivity index (χ0v) is 13.5. The number of aromatic nitrogens is 1. The van der Waals surface area contributed by atoms with Gasteiger partial charge in [0.2, 0.25) is 0 Å². The Labute approximate surface area is 139 Å². The Morgan fingerprint density at radius 1 is 1.36 bits per heavy atom. The summed E-state index contributed by atoms with van der Waals surface area (Å²) in [4.78, 5) is 12.0. The van der Waals surface area contributed by atoms with Crippen molar-refractivity contribution < 1.29 is 30.9 Å². The lowest BCUT2D eigenvalue weighted by molar-refractivity contribution is -0.136. The monoisotopic (exact) mass is 378 g/mol. The number of nitrogens with zero attached hydrogens (tertiary/aromatic N) is 1. The van der Waals surface area contributed by atoms with Crippen LogP contribution in [0.5, 0.6) is 0 Å². The van der Waals surface area contributed by atoms with Gasteiger partial charge in [0.25, 0.3) is 16.0 Å². The molecule has 1 heterocycles. The van der Waals surface area contributed by atoms with Crippen molar-refractivity contribution in [1.29, 1.82) is 5.41 Å². The number of fused-ring (bicyclic) bond motifs is 1. The van der Waals surface area contributed by atoms with Gasteiger partial charge in [0, 0.05) is 18.0 Å². The van der Waals surface area contributed by atoms with Crippen molar-refractivity contribution in [2.75, 3.05) is 0 Å². The summed E-state index contributed by atoms with van der Waals surface area (Å²) in [6.45, 7) is 0. The highest BCUT2D eigenvalue weighted by atomic mass is 32.2. The fourth-order valence-electron chi connectivity index (χ4n) is 2.42. The van der Waals surface area contributed by atoms with Gasteiger partial charge >= 0.3 is 6.18 Å². The highest BCUT2D eigenvalue weighted by molar-refractivity contribution is 7.85. The molecule has 0 aliphatic carbocycles. The number of rotatable bonds is 3. The highest BCUT2D eigenvalue weighted by Gasteiger charge is 2.34. The Hall–Kier alpha value is -2.60. The SMILES string of the molecule is Cn1c(C(=O)NC(=N)N)cc2c(C(F)(F)F)cc(CS(=O)(=O)O)cc21. The number of alkyl halides is 3. The Kier molecular flexibility index (Phi) is 4.53. The van der Waals surface area contributed by atoms with Crippen LogP contribution in [0.2, 0.25) is 0 Å². The van der Waals surface area contributed by atoms with Crippen LogP contribution >= 0.6 is 0 Å². The minimum absolute atomic E-state index is 0.0674. The smallest absolute Gasteiger partial charge is 0.370 e. The predicted octanol–water partition coefficient (Wildman–Crippen LogP) is 1.21. The van der Waals surface area contributed by atoms with Crippen molar-refractivity contribution in [3.63, 3.8) is 0 Å². The second kappa shape index (κ2) is 6.04. The van der Waals surface area contributed by atoms with E-state index in [0.717, 1.165) is 16.7 Å². The van der Waals surface area contributed by atoms with Gasteiger partial charge in [-0.3, -0.25) is 20.1 Å². The van der Waals surface area contributed by atoms with Crippen molar-refractivity contribution in [1.82, 2.24) is 9.88 Å². The molecule has 0 fully saturated rings. The van der Waals surface area contributed by atoms with E-state index in [1.807, 2.05) is 5.32 Å². The van der Waals surface area contributed by atoms with Gasteiger partial charge < -0.3 is 10.3 Å². The molecule has 1 aromatic carbocycles. The molecule has 0 spiro atoms. The number of hydrogen-bond donors (Lipinski definition) is 4. The molecule has 0 atom stereocenters. The lowest BCUT2D eigenvalue weighted by atomic mass is 10.1. The summed E-state index contributed by atoms with van der Waals surface area (Å²) in [7, 11) is -3.25. The molecule has 0 aliphatic rings. The summed E-state index contributed by atoms with van der Waals surface area (Å²) in [6, 6.07) is 2.69. The van der Waals surface area contributed by atoms with Gasteiger partial charge in [0.15, 0.2) is 5.96 Å². The molecule has 1 aromatic heterocycles. The second-order valence-electron chi connectivity index (χ2n) is 5.26. The van der Waals surface area contributed by atoms with Crippen LogP contribution in [-0.2, 0) is 29.1 Å². The fraction of sp³-hybridized carbons (Fsp3) is 0.231. The molecule has 0 aliphatic heterocycles. The molecule has 0 saturated heterocycles. The first-order chi connectivity index (χ1) is 11.3. The van der Waals surface area contributed by atoms with Crippen LogP contribution in [0.25, 0.3) is 10.9 Å². The molecule has 1 amide bonds. The number of halogens is 3. The molecule has 0 saturated carbocycles. The normalized spacial score (nSPS) is 12.4. The Morgan fingerprint density at radius 3 is 2.44 bits per heavy atom. The maximum Gasteiger partial charge on any atom is 0.417 e. The Morgan fingerprint density at radius 2 is 1.96 bits per heavy atom. The van der Waals surface area contributed by atoms with Gasteiger partial charge in [-0.2, -0.15) is 21.6 Å². The number of carbonyl (C=O) groups excluding carboxylic acids is 1. The highest BCUT2D eigenvalue weighted by Crippen LogP contribution is 2.37. The van der Waals surface area contributed by atoms with Gasteiger partial charge in [-0.1, -0.05) is 0 Å². The fourth-order valence-corrected chi connectivity index (χ4v) is 3.01. The topological polar surface area (TPSA) is 138 Å². The van der Waals surface area contributed by atoms with Gasteiger partial charge in [-0.05, 0) is 23.8 Å². The van der Waals surface area contributed by atoms with E-state index in [1.165, 1.54) is 7.05 Å². The van der Waals surface area contributed by atoms with Gasteiger partial charge in [0.1, 0.15) is 11.4 Å². The lowest BCUT2D eigenvalue weighted by Gasteiger charge is -2.11. The summed E-state index contributed by atoms with van der Waals surface area (Å²) in [5.41, 5.74) is 3.32. The quantitative estimate of drug-likeness (QED) is 0.361. The molecule has 5 N–H and O–H groups in total. The summed E-state index contributed by atoms with van der Waals surface area (Å²) in [5, 5.41) is 8.64. The lowest BCUT2D eigenvalue weighted by Crippen LogP contribution is -2.36. The second-order valence-corrected chi connectivity index (χ2v) is 6.71. The van der Waals surface area contributed by atoms with Crippen molar-refractivity contribution in [2.24, 2.45) is 12.8 Å². The van der Waals surface area contributed by atoms with E-state index in [9.17, 15) is 26.4 Å². The van der Waals surface area contributed by atoms with Crippen LogP contribution < -0.4 is 11.1 Å². The number of carbonyl (C=O) groups is 1. The molecule has 2 aromatic rings. The zero-order valence-electron chi connectivity index (χ0n) is 12.7. The van der Waals surface area contributed by atoms with Crippen molar-refractivity contribution >= 4 is 32.9 Å². The summed E-state index contributed by atoms with van der Waals surface area (Å²) < 4.78 is 71.9. The van der Waals surface area contributed by atoms with Crippen LogP contribution in [0.4, 0.5) is 13.2 Å². The molecule has 25 heavy (non-hydrogen) atoms. The van der Waals surface area contributed by atoms with Crippen molar-refractivity contribution in [2.45, 2.75) is 11.9 Å². The van der Waals surface area contributed by atoms with Crippen molar-refractivity contribution in [3.8, 4) is 0 Å². The number of guanidine groups is 1. The van der Waals surface area contributed by atoms with Crippen LogP contribution in [0.15, 0.2) is 18.2 Å². The van der Waals surface area contributed by atoms with Crippen LogP contribution in [-0.4, -0.2) is 29.4 Å². The van der Waals surface area contributed by atoms with Crippen molar-refractivity contribution in [3.05, 3.63) is 35.0 Å². The third kappa shape index (κ3) is 4.09. The first-order valence-corrected chi connectivity index (χ1v) is 8.20. The van der Waals surface area contributed by atoms with E-state index < -0.39 is 39.5 Å². The first-order valence-electron chi connectivity index (χ1n) is 6.59. The Balaban J connectivity index is 2.75. The van der Waals surface area contributed by atoms with E-state index in [0.29, 0.717) is 6.07 Å². The average molecular weight is 378 g/mol. The van der Waals surface area contributed by atoms with E-state index >= 15 is 0 Å². The molecule has 0 unspecified atom stereocenters. The third-order valence-corrected chi connectivity index (χ3v) is 4.06. The van der Waals surface area contributed by atoms with E-state index in [-0.39, 0.29) is 22.2 Å². The maximum atomic E-state index is 13.3. The predicted molar refractivity (Wildman–Crippen MR) is 82.6 cm³/mol. The van der Waals surface area contributed by atoms with E-state index in [4.69, 9.17) is 15.7 Å². The molecule has 0 radical (unpaired) electrons. The zero-order chi connectivity index (χ0) is 19.2. The summed E-state index contributed by atoms with van der Waals surface area (Å²) in [5.74, 6) is -2.58. The van der Waals surface area contributed by atoms with Gasteiger partial charge in [0.05, 0.1) is 5.56 Å². The summed E-state index contributed by atoms with van der Waals surface area (Å²) >= 11 is 0. The molecule has 2 rings (SSSR count). The van der Waals surface area contributed by atoms with Gasteiger partial charge in [-0.15, -0.1) is 0 Å². The van der Waals surface area contributed by atoms with Gasteiger partial charge in [-0.25, -0.2) is 0 Å². The molecule has 0 bridgehead atoms. The first kappa shape index (κ1) is 18.7. The number of nitrogens with one attached hydrogen (secondary N) is 2. The Bertz CT molecular complexity index is 979. The van der Waals surface area contributed by atoms with Crippen LogP contribution in [0.1, 0.15) is 21.6 Å². The summed E-state index contributed by atoms with van der Waals surface area (Å²) in [6.07, 6.45) is -4.82. The number of nitrogens with two attached hydrogens (primary N) is 1. The molecule has 136 valence electrons. The minimum atomic E-state index is -4.82. The molecular weight excluding hydrogens is 365 g/mol. The third-order valence-electron chi connectivity index (χ3n) is 3.36. The standard InChI is InChI=1S/C13H13F3N4O4S/c1-20-9-3-6(5-25(22,23)24)2-8(13(14,15)16)7(9)4-10(20)11(21)19-12(17)18/h2-4H,5H2,1H3,(H,22,23,24)(H4,17,18,19,21). The van der Waals surface area contributed by atoms with E-state index in [1.54, 1.807) is 0 Å². The molecular formula is C13H13F3N4O4S. The van der Waals surface area contributed by atoms with Crippen LogP contribution in [0.3, 0.4) is 0 Å². The van der Waals surface area contributed by atoms with Crippen LogP contribution in [0, 0.1) is 5.41 Å². The number of amides is 1. The molecule has 8 nitrogen and oxygen atoms in total. The number of hydrogen-bond acceptors (Lipinski definition) is 4. The van der Waals surface area contributed by atoms with E-state index in [2.05, 4.69) is 0 Å². The largest absolute Gasteiger partial charge is 0.417 e. The molecule has 12 heteroatoms. The average Bonchev–Trinajstić information content (AvgIpc) is 2.72.